The summed E-state index contributed by atoms with van der Waals surface area (Å²) in [6.45, 7) is 7.24. The van der Waals surface area contributed by atoms with E-state index in [4.69, 9.17) is 39.1 Å². The molecule has 0 radical (unpaired) electrons. The van der Waals surface area contributed by atoms with Gasteiger partial charge in [-0.2, -0.15) is 9.97 Å². The van der Waals surface area contributed by atoms with Crippen molar-refractivity contribution in [2.45, 2.75) is 103 Å². The second-order valence-corrected chi connectivity index (χ2v) is 14.8. The number of hydrogen-bond acceptors (Lipinski definition) is 10. The Morgan fingerprint density at radius 1 is 0.643 bits per heavy atom. The van der Waals surface area contributed by atoms with Gasteiger partial charge in [-0.05, 0) is 123 Å². The molecule has 4 aromatic rings. The van der Waals surface area contributed by atoms with E-state index in [9.17, 15) is 9.59 Å². The SMILES string of the molecule is COc1nc(OCc2cccc(-c3cccc(COc4nc(OC)c(CNCCCC(=O)O)cc4C4CC4)c3C)c2C)c(C2CC2)cc1CNCCCC(=O)O. The largest absolute Gasteiger partial charge is 0.481 e. The maximum atomic E-state index is 10.9. The predicted molar refractivity (Wildman–Crippen MR) is 213 cm³/mol. The molecule has 0 atom stereocenters. The lowest BCUT2D eigenvalue weighted by Gasteiger charge is -2.19. The third-order valence-electron chi connectivity index (χ3n) is 10.6. The minimum atomic E-state index is -0.794. The van der Waals surface area contributed by atoms with Crippen LogP contribution in [0.1, 0.15) is 108 Å². The molecule has 2 saturated carbocycles. The minimum absolute atomic E-state index is 0.132. The highest BCUT2D eigenvalue weighted by atomic mass is 16.5. The second kappa shape index (κ2) is 19.1. The Labute approximate surface area is 329 Å². The molecule has 2 aromatic carbocycles. The highest BCUT2D eigenvalue weighted by Crippen LogP contribution is 2.46. The van der Waals surface area contributed by atoms with Gasteiger partial charge in [-0.25, -0.2) is 0 Å². The van der Waals surface area contributed by atoms with Crippen molar-refractivity contribution in [2.24, 2.45) is 0 Å². The van der Waals surface area contributed by atoms with Gasteiger partial charge in [-0.15, -0.1) is 0 Å². The second-order valence-electron chi connectivity index (χ2n) is 14.8. The van der Waals surface area contributed by atoms with Gasteiger partial charge in [0.25, 0.3) is 0 Å². The van der Waals surface area contributed by atoms with Gasteiger partial charge in [0, 0.05) is 48.2 Å². The van der Waals surface area contributed by atoms with E-state index in [1.54, 1.807) is 14.2 Å². The van der Waals surface area contributed by atoms with Gasteiger partial charge in [-0.3, -0.25) is 9.59 Å². The monoisotopic (exact) mass is 766 g/mol. The zero-order valence-corrected chi connectivity index (χ0v) is 32.9. The molecular formula is C44H54N4O8. The Kier molecular flexibility index (Phi) is 13.8. The summed E-state index contributed by atoms with van der Waals surface area (Å²) < 4.78 is 24.3. The van der Waals surface area contributed by atoms with Crippen molar-refractivity contribution in [3.63, 3.8) is 0 Å². The zero-order chi connectivity index (χ0) is 39.6. The molecule has 0 bridgehead atoms. The number of aliphatic carboxylic acids is 2. The molecule has 2 aliphatic rings. The van der Waals surface area contributed by atoms with Gasteiger partial charge < -0.3 is 39.8 Å². The first-order chi connectivity index (χ1) is 27.2. The highest BCUT2D eigenvalue weighted by molar-refractivity contribution is 5.72. The molecule has 0 unspecified atom stereocenters. The summed E-state index contributed by atoms with van der Waals surface area (Å²) in [7, 11) is 3.21. The lowest BCUT2D eigenvalue weighted by molar-refractivity contribution is -0.138. The third kappa shape index (κ3) is 10.6. The fraction of sp³-hybridized carbons (Fsp3) is 0.455. The van der Waals surface area contributed by atoms with Crippen molar-refractivity contribution >= 4 is 11.9 Å². The third-order valence-corrected chi connectivity index (χ3v) is 10.6. The summed E-state index contributed by atoms with van der Waals surface area (Å²) >= 11 is 0. The standard InChI is InChI=1S/C44H54N4O8/c1-27-31(25-55-43-37(29-15-16-29)21-33(41(47-43)53-3)23-45-19-7-13-39(49)50)9-5-11-35(27)36-12-6-10-32(28(36)2)26-56-44-38(30-17-18-30)22-34(42(48-44)54-4)24-46-20-8-14-40(51)52/h5-6,9-12,21-22,29-30,45-46H,7-8,13-20,23-26H2,1-4H3,(H,49,50)(H,51,52). The van der Waals surface area contributed by atoms with E-state index < -0.39 is 11.9 Å². The summed E-state index contributed by atoms with van der Waals surface area (Å²) in [5, 5.41) is 24.5. The van der Waals surface area contributed by atoms with E-state index in [0.717, 1.165) is 81.3 Å². The summed E-state index contributed by atoms with van der Waals surface area (Å²) in [6, 6.07) is 16.9. The average molecular weight is 767 g/mol. The van der Waals surface area contributed by atoms with Crippen molar-refractivity contribution < 1.29 is 38.7 Å². The van der Waals surface area contributed by atoms with Crippen LogP contribution in [-0.4, -0.2) is 59.4 Å². The number of pyridine rings is 2. The minimum Gasteiger partial charge on any atom is -0.481 e. The molecule has 0 spiro atoms. The van der Waals surface area contributed by atoms with Gasteiger partial charge in [0.15, 0.2) is 0 Å². The number of ether oxygens (including phenoxy) is 4. The summed E-state index contributed by atoms with van der Waals surface area (Å²) in [6.07, 6.45) is 5.75. The maximum Gasteiger partial charge on any atom is 0.303 e. The van der Waals surface area contributed by atoms with Crippen LogP contribution in [-0.2, 0) is 35.9 Å². The Balaban J connectivity index is 1.15. The van der Waals surface area contributed by atoms with Crippen molar-refractivity contribution in [3.05, 3.63) is 93.0 Å². The first-order valence-corrected chi connectivity index (χ1v) is 19.6. The molecular weight excluding hydrogens is 713 g/mol. The van der Waals surface area contributed by atoms with E-state index in [1.165, 1.54) is 0 Å². The molecule has 2 fully saturated rings. The zero-order valence-electron chi connectivity index (χ0n) is 32.9. The number of nitrogens with one attached hydrogen (secondary N) is 2. The van der Waals surface area contributed by atoms with Crippen LogP contribution in [0, 0.1) is 13.8 Å². The summed E-state index contributed by atoms with van der Waals surface area (Å²) in [5.41, 5.74) is 10.7. The van der Waals surface area contributed by atoms with E-state index in [1.807, 2.05) is 0 Å². The van der Waals surface area contributed by atoms with Crippen LogP contribution in [0.4, 0.5) is 0 Å². The van der Waals surface area contributed by atoms with Crippen LogP contribution in [0.3, 0.4) is 0 Å². The molecule has 2 aliphatic carbocycles. The van der Waals surface area contributed by atoms with Crippen LogP contribution < -0.4 is 29.6 Å². The molecule has 2 heterocycles. The number of nitrogens with zero attached hydrogens (tertiary/aromatic N) is 2. The fourth-order valence-electron chi connectivity index (χ4n) is 7.02. The van der Waals surface area contributed by atoms with Gasteiger partial charge in [-0.1, -0.05) is 36.4 Å². The smallest absolute Gasteiger partial charge is 0.303 e. The summed E-state index contributed by atoms with van der Waals surface area (Å²) in [4.78, 5) is 31.4. The number of rotatable bonds is 23. The number of methoxy groups -OCH3 is 2. The van der Waals surface area contributed by atoms with Crippen LogP contribution in [0.2, 0.25) is 0 Å². The quantitative estimate of drug-likeness (QED) is 0.0548. The molecule has 56 heavy (non-hydrogen) atoms. The normalized spacial score (nSPS) is 13.7. The van der Waals surface area contributed by atoms with Crippen LogP contribution in [0.25, 0.3) is 11.1 Å². The Morgan fingerprint density at radius 3 is 1.41 bits per heavy atom. The molecule has 0 aliphatic heterocycles. The van der Waals surface area contributed by atoms with E-state index >= 15 is 0 Å². The first-order valence-electron chi connectivity index (χ1n) is 19.6. The topological polar surface area (TPSA) is 161 Å². The van der Waals surface area contributed by atoms with Crippen molar-refractivity contribution in [1.29, 1.82) is 0 Å². The number of carboxylic acids is 2. The highest BCUT2D eigenvalue weighted by Gasteiger charge is 2.31. The van der Waals surface area contributed by atoms with Crippen molar-refractivity contribution in [1.82, 2.24) is 20.6 Å². The molecule has 12 nitrogen and oxygen atoms in total. The van der Waals surface area contributed by atoms with Crippen LogP contribution in [0.15, 0.2) is 48.5 Å². The number of aromatic nitrogens is 2. The molecule has 0 saturated heterocycles. The van der Waals surface area contributed by atoms with E-state index in [-0.39, 0.29) is 12.8 Å². The number of carbonyl (C=O) groups is 2. The van der Waals surface area contributed by atoms with Gasteiger partial charge >= 0.3 is 11.9 Å². The lowest BCUT2D eigenvalue weighted by Crippen LogP contribution is -2.17. The van der Waals surface area contributed by atoms with Gasteiger partial charge in [0.1, 0.15) is 13.2 Å². The Hall–Kier alpha value is -5.20. The van der Waals surface area contributed by atoms with Crippen LogP contribution >= 0.6 is 0 Å². The molecule has 2 aromatic heterocycles. The van der Waals surface area contributed by atoms with Gasteiger partial charge in [0.2, 0.25) is 23.5 Å². The summed E-state index contributed by atoms with van der Waals surface area (Å²) in [5.74, 6) is 1.42. The maximum absolute atomic E-state index is 10.9. The number of benzene rings is 2. The Bertz CT molecular complexity index is 1870. The predicted octanol–water partition coefficient (Wildman–Crippen LogP) is 7.60. The van der Waals surface area contributed by atoms with E-state index in [0.29, 0.717) is 87.6 Å². The molecule has 6 rings (SSSR count). The number of hydrogen-bond donors (Lipinski definition) is 4. The van der Waals surface area contributed by atoms with Crippen LogP contribution in [0.5, 0.6) is 23.5 Å². The molecule has 0 amide bonds. The number of carboxylic acid groups (broad SMARTS) is 2. The molecule has 12 heteroatoms. The first kappa shape index (κ1) is 40.5. The molecule has 298 valence electrons. The lowest BCUT2D eigenvalue weighted by atomic mass is 9.92. The van der Waals surface area contributed by atoms with Gasteiger partial charge in [0.05, 0.1) is 14.2 Å². The van der Waals surface area contributed by atoms with Crippen molar-refractivity contribution in [2.75, 3.05) is 27.3 Å². The van der Waals surface area contributed by atoms with Crippen molar-refractivity contribution in [3.8, 4) is 34.6 Å². The van der Waals surface area contributed by atoms with E-state index in [2.05, 4.69) is 73.0 Å². The average Bonchev–Trinajstić information content (AvgIpc) is 4.12. The molecule has 4 N–H and O–H groups in total. The Morgan fingerprint density at radius 2 is 1.05 bits per heavy atom. The fourth-order valence-corrected chi connectivity index (χ4v) is 7.02.